The van der Waals surface area contributed by atoms with Gasteiger partial charge in [-0.2, -0.15) is 5.10 Å². The number of aromatic nitrogens is 2. The summed E-state index contributed by atoms with van der Waals surface area (Å²) in [6.45, 7) is 0. The highest BCUT2D eigenvalue weighted by Gasteiger charge is 2.16. The van der Waals surface area contributed by atoms with E-state index in [9.17, 15) is 23.3 Å². The van der Waals surface area contributed by atoms with E-state index in [0.717, 1.165) is 0 Å². The van der Waals surface area contributed by atoms with Crippen LogP contribution in [0.3, 0.4) is 0 Å². The van der Waals surface area contributed by atoms with Crippen molar-refractivity contribution < 1.29 is 18.1 Å². The SMILES string of the molecule is NC(=O)c1cc(-c2ccc([N+](=O)[O-])cc2)n(-c2ccc(S(N)(=O)=O)cc2)n1. The molecule has 0 bridgehead atoms. The lowest BCUT2D eigenvalue weighted by Gasteiger charge is -2.08. The van der Waals surface area contributed by atoms with Crippen LogP contribution in [-0.4, -0.2) is 29.0 Å². The maximum absolute atomic E-state index is 11.5. The first-order valence-electron chi connectivity index (χ1n) is 7.45. The molecule has 4 N–H and O–H groups in total. The summed E-state index contributed by atoms with van der Waals surface area (Å²) >= 11 is 0. The van der Waals surface area contributed by atoms with Crippen molar-refractivity contribution in [3.05, 3.63) is 70.4 Å². The van der Waals surface area contributed by atoms with Crippen molar-refractivity contribution in [1.29, 1.82) is 0 Å². The maximum Gasteiger partial charge on any atom is 0.269 e. The molecule has 0 aliphatic carbocycles. The second-order valence-electron chi connectivity index (χ2n) is 5.53. The van der Waals surface area contributed by atoms with Gasteiger partial charge in [0.25, 0.3) is 11.6 Å². The normalized spacial score (nSPS) is 11.3. The molecule has 0 saturated heterocycles. The van der Waals surface area contributed by atoms with Crippen molar-refractivity contribution in [2.24, 2.45) is 10.9 Å². The zero-order valence-corrected chi connectivity index (χ0v) is 14.5. The van der Waals surface area contributed by atoms with Gasteiger partial charge in [0.2, 0.25) is 10.0 Å². The molecule has 27 heavy (non-hydrogen) atoms. The van der Waals surface area contributed by atoms with Crippen LogP contribution in [0.15, 0.2) is 59.5 Å². The maximum atomic E-state index is 11.5. The largest absolute Gasteiger partial charge is 0.364 e. The number of amides is 1. The van der Waals surface area contributed by atoms with Crippen molar-refractivity contribution in [3.8, 4) is 16.9 Å². The highest BCUT2D eigenvalue weighted by Crippen LogP contribution is 2.26. The van der Waals surface area contributed by atoms with E-state index in [-0.39, 0.29) is 16.3 Å². The number of primary sulfonamides is 1. The highest BCUT2D eigenvalue weighted by atomic mass is 32.2. The zero-order valence-electron chi connectivity index (χ0n) is 13.6. The smallest absolute Gasteiger partial charge is 0.269 e. The summed E-state index contributed by atoms with van der Waals surface area (Å²) in [5.41, 5.74) is 6.64. The molecule has 0 spiro atoms. The average Bonchev–Trinajstić information content (AvgIpc) is 3.07. The molecule has 1 aromatic heterocycles. The minimum atomic E-state index is -3.85. The molecule has 1 heterocycles. The van der Waals surface area contributed by atoms with Gasteiger partial charge in [-0.3, -0.25) is 14.9 Å². The van der Waals surface area contributed by atoms with Crippen LogP contribution in [0.25, 0.3) is 16.9 Å². The lowest BCUT2D eigenvalue weighted by Crippen LogP contribution is -2.13. The number of nitrogens with two attached hydrogens (primary N) is 2. The summed E-state index contributed by atoms with van der Waals surface area (Å²) < 4.78 is 24.2. The van der Waals surface area contributed by atoms with Crippen molar-refractivity contribution in [2.45, 2.75) is 4.90 Å². The van der Waals surface area contributed by atoms with E-state index in [1.165, 1.54) is 59.3 Å². The van der Waals surface area contributed by atoms with E-state index in [4.69, 9.17) is 10.9 Å². The molecule has 0 aliphatic heterocycles. The third-order valence-corrected chi connectivity index (χ3v) is 4.67. The summed E-state index contributed by atoms with van der Waals surface area (Å²) in [6, 6.07) is 12.6. The topological polar surface area (TPSA) is 164 Å². The van der Waals surface area contributed by atoms with Crippen LogP contribution >= 0.6 is 0 Å². The van der Waals surface area contributed by atoms with Crippen LogP contribution in [0, 0.1) is 10.1 Å². The molecule has 1 amide bonds. The Bertz CT molecular complexity index is 1130. The molecule has 3 rings (SSSR count). The molecule has 10 nitrogen and oxygen atoms in total. The predicted octanol–water partition coefficient (Wildman–Crippen LogP) is 1.19. The third-order valence-electron chi connectivity index (χ3n) is 3.75. The first kappa shape index (κ1) is 18.2. The number of nitrogens with zero attached hydrogens (tertiary/aromatic N) is 3. The zero-order chi connectivity index (χ0) is 19.8. The fraction of sp³-hybridized carbons (Fsp3) is 0. The number of primary amides is 1. The Hall–Kier alpha value is -3.57. The van der Waals surface area contributed by atoms with Gasteiger partial charge < -0.3 is 5.73 Å². The second kappa shape index (κ2) is 6.63. The standard InChI is InChI=1S/C16H13N5O5S/c17-16(22)14-9-15(10-1-3-12(4-2-10)21(23)24)20(19-14)11-5-7-13(8-6-11)27(18,25)26/h1-9H,(H2,17,22)(H2,18,25,26). The minimum Gasteiger partial charge on any atom is -0.364 e. The van der Waals surface area contributed by atoms with Gasteiger partial charge in [-0.25, -0.2) is 18.2 Å². The molecule has 0 unspecified atom stereocenters. The lowest BCUT2D eigenvalue weighted by atomic mass is 10.1. The van der Waals surface area contributed by atoms with Gasteiger partial charge in [0.05, 0.1) is 21.2 Å². The Labute approximate surface area is 153 Å². The van der Waals surface area contributed by atoms with Gasteiger partial charge in [0.15, 0.2) is 5.69 Å². The quantitative estimate of drug-likeness (QED) is 0.493. The molecule has 3 aromatic rings. The fourth-order valence-corrected chi connectivity index (χ4v) is 2.95. The third kappa shape index (κ3) is 3.68. The minimum absolute atomic E-state index is 0.0149. The molecule has 11 heteroatoms. The van der Waals surface area contributed by atoms with Crippen molar-refractivity contribution in [3.63, 3.8) is 0 Å². The molecular weight excluding hydrogens is 374 g/mol. The van der Waals surface area contributed by atoms with E-state index >= 15 is 0 Å². The number of carbonyl (C=O) groups excluding carboxylic acids is 1. The number of carbonyl (C=O) groups is 1. The van der Waals surface area contributed by atoms with Crippen LogP contribution in [0.1, 0.15) is 10.5 Å². The van der Waals surface area contributed by atoms with Crippen LogP contribution in [-0.2, 0) is 10.0 Å². The van der Waals surface area contributed by atoms with Crippen molar-refractivity contribution >= 4 is 21.6 Å². The van der Waals surface area contributed by atoms with E-state index in [2.05, 4.69) is 5.10 Å². The molecule has 138 valence electrons. The summed E-state index contributed by atoms with van der Waals surface area (Å²) in [7, 11) is -3.85. The Kier molecular flexibility index (Phi) is 4.47. The summed E-state index contributed by atoms with van der Waals surface area (Å²) in [5.74, 6) is -0.752. The number of hydrogen-bond acceptors (Lipinski definition) is 6. The van der Waals surface area contributed by atoms with Crippen molar-refractivity contribution in [2.75, 3.05) is 0 Å². The summed E-state index contributed by atoms with van der Waals surface area (Å²) in [4.78, 5) is 21.7. The summed E-state index contributed by atoms with van der Waals surface area (Å²) in [6.07, 6.45) is 0. The highest BCUT2D eigenvalue weighted by molar-refractivity contribution is 7.89. The number of non-ortho nitro benzene ring substituents is 1. The monoisotopic (exact) mass is 387 g/mol. The molecule has 0 fully saturated rings. The van der Waals surface area contributed by atoms with Crippen LogP contribution in [0.2, 0.25) is 0 Å². The summed E-state index contributed by atoms with van der Waals surface area (Å²) in [5, 5.41) is 20.0. The lowest BCUT2D eigenvalue weighted by molar-refractivity contribution is -0.384. The number of hydrogen-bond donors (Lipinski definition) is 2. The molecular formula is C16H13N5O5S. The predicted molar refractivity (Wildman–Crippen MR) is 95.5 cm³/mol. The first-order chi connectivity index (χ1) is 12.7. The van der Waals surface area contributed by atoms with E-state index in [1.807, 2.05) is 0 Å². The van der Waals surface area contributed by atoms with E-state index in [1.54, 1.807) is 0 Å². The molecule has 0 saturated carbocycles. The van der Waals surface area contributed by atoms with Crippen LogP contribution < -0.4 is 10.9 Å². The molecule has 0 atom stereocenters. The fourth-order valence-electron chi connectivity index (χ4n) is 2.43. The van der Waals surface area contributed by atoms with Gasteiger partial charge >= 0.3 is 0 Å². The number of benzene rings is 2. The van der Waals surface area contributed by atoms with Gasteiger partial charge in [0.1, 0.15) is 0 Å². The second-order valence-corrected chi connectivity index (χ2v) is 7.10. The molecule has 2 aromatic carbocycles. The average molecular weight is 387 g/mol. The Morgan fingerprint density at radius 3 is 2.15 bits per heavy atom. The van der Waals surface area contributed by atoms with E-state index in [0.29, 0.717) is 16.9 Å². The van der Waals surface area contributed by atoms with Gasteiger partial charge in [0, 0.05) is 17.7 Å². The number of nitro benzene ring substituents is 1. The number of nitro groups is 1. The first-order valence-corrected chi connectivity index (χ1v) is 8.99. The van der Waals surface area contributed by atoms with Gasteiger partial charge in [-0.05, 0) is 42.5 Å². The van der Waals surface area contributed by atoms with E-state index < -0.39 is 20.9 Å². The van der Waals surface area contributed by atoms with Crippen molar-refractivity contribution in [1.82, 2.24) is 9.78 Å². The molecule has 0 radical (unpaired) electrons. The number of sulfonamides is 1. The Morgan fingerprint density at radius 1 is 1.07 bits per heavy atom. The van der Waals surface area contributed by atoms with Gasteiger partial charge in [-0.15, -0.1) is 0 Å². The van der Waals surface area contributed by atoms with Crippen LogP contribution in [0.5, 0.6) is 0 Å². The van der Waals surface area contributed by atoms with Gasteiger partial charge in [-0.1, -0.05) is 0 Å². The molecule has 0 aliphatic rings. The Balaban J connectivity index is 2.12. The number of rotatable bonds is 5. The van der Waals surface area contributed by atoms with Crippen LogP contribution in [0.4, 0.5) is 5.69 Å². The Morgan fingerprint density at radius 2 is 1.67 bits per heavy atom.